The molecule has 11 nitrogen and oxygen atoms in total. The van der Waals surface area contributed by atoms with Crippen LogP contribution in [0.25, 0.3) is 130 Å². The van der Waals surface area contributed by atoms with Gasteiger partial charge >= 0.3 is 17.5 Å². The summed E-state index contributed by atoms with van der Waals surface area (Å²) >= 11 is 0. The zero-order valence-electron chi connectivity index (χ0n) is 72.9. The second-order valence-electron chi connectivity index (χ2n) is 35.4. The van der Waals surface area contributed by atoms with Gasteiger partial charge in [0.15, 0.2) is 45.8 Å². The SMILES string of the molecule is CC(C)c1cc(-c2ccccc2)cc(C(C)C)c1-n1ccc2c1-c1n(-c3ccccc3)c3ccccc3[n+]1C2.CC(C)c1cccc(C(C)C)c1-n1ccc2c1-c1n(-c3ccccc3)c3ccccc3[n+]1C2.CC(C)c1ccccc1-n1ccc2c1-c1n(-c3ccccc3)c3ccccc3[n+]1C2.Cc1cc(C)c(-n2ccc3c2-c2cccc[n+]2C3)c(C)c1. The number of fused-ring (bicyclic) bond motifs is 18. The van der Waals surface area contributed by atoms with Crippen molar-refractivity contribution in [3.8, 4) is 96.9 Å². The van der Waals surface area contributed by atoms with Gasteiger partial charge in [0.2, 0.25) is 5.69 Å². The van der Waals surface area contributed by atoms with E-state index in [2.05, 4.69) is 475 Å². The number of pyridine rings is 1. The van der Waals surface area contributed by atoms with Crippen molar-refractivity contribution in [3.05, 3.63) is 401 Å². The van der Waals surface area contributed by atoms with Crippen LogP contribution in [0.3, 0.4) is 0 Å². The minimum atomic E-state index is 0.382. The van der Waals surface area contributed by atoms with Crippen LogP contribution in [0, 0.1) is 20.8 Å². The predicted octanol–water partition coefficient (Wildman–Crippen LogP) is 25.2. The number of hydrogen-bond acceptors (Lipinski definition) is 0. The molecule has 0 bridgehead atoms. The van der Waals surface area contributed by atoms with Gasteiger partial charge in [-0.25, -0.2) is 13.7 Å². The molecule has 0 spiro atoms. The maximum absolute atomic E-state index is 2.49. The number of rotatable bonds is 13. The Kier molecular flexibility index (Phi) is 20.0. The van der Waals surface area contributed by atoms with Crippen LogP contribution in [0.2, 0.25) is 0 Å². The Bertz CT molecular complexity index is 7160. The van der Waals surface area contributed by atoms with E-state index in [4.69, 9.17) is 0 Å². The minimum Gasteiger partial charge on any atom is -0.310 e. The van der Waals surface area contributed by atoms with Gasteiger partial charge in [0, 0.05) is 64.9 Å². The Morgan fingerprint density at radius 1 is 0.268 bits per heavy atom. The summed E-state index contributed by atoms with van der Waals surface area (Å²) in [5.41, 5.74) is 42.0. The van der Waals surface area contributed by atoms with Crippen molar-refractivity contribution in [2.75, 3.05) is 0 Å². The smallest absolute Gasteiger partial charge is 0.310 e. The first-order chi connectivity index (χ1) is 60.0. The van der Waals surface area contributed by atoms with Crippen molar-refractivity contribution in [1.29, 1.82) is 0 Å². The lowest BCUT2D eigenvalue weighted by Crippen LogP contribution is -2.31. The zero-order chi connectivity index (χ0) is 84.2. The predicted molar refractivity (Wildman–Crippen MR) is 503 cm³/mol. The van der Waals surface area contributed by atoms with Crippen LogP contribution >= 0.6 is 0 Å². The second kappa shape index (κ2) is 31.6. The van der Waals surface area contributed by atoms with Crippen molar-refractivity contribution in [1.82, 2.24) is 32.0 Å². The highest BCUT2D eigenvalue weighted by Gasteiger charge is 2.43. The van der Waals surface area contributed by atoms with Gasteiger partial charge in [0.05, 0.1) is 17.1 Å². The van der Waals surface area contributed by atoms with Crippen molar-refractivity contribution in [2.24, 2.45) is 0 Å². The number of imidazole rings is 3. The third-order valence-corrected chi connectivity index (χ3v) is 25.7. The topological polar surface area (TPSA) is 50.0 Å². The molecular formula is C112H107N11+4. The van der Waals surface area contributed by atoms with Crippen LogP contribution in [-0.2, 0) is 26.2 Å². The van der Waals surface area contributed by atoms with E-state index >= 15 is 0 Å². The number of benzene rings is 11. The first-order valence-corrected chi connectivity index (χ1v) is 44.1. The molecule has 8 aromatic heterocycles. The normalized spacial score (nSPS) is 12.5. The number of aryl methyl sites for hydroxylation is 3. The van der Waals surface area contributed by atoms with Gasteiger partial charge in [0.25, 0.3) is 0 Å². The highest BCUT2D eigenvalue weighted by Crippen LogP contribution is 2.46. The number of para-hydroxylation sites is 11. The van der Waals surface area contributed by atoms with Crippen LogP contribution in [-0.4, -0.2) is 32.0 Å². The monoisotopic (exact) mass is 1610 g/mol. The Morgan fingerprint density at radius 3 is 1.04 bits per heavy atom. The van der Waals surface area contributed by atoms with Gasteiger partial charge in [-0.2, -0.15) is 18.3 Å². The van der Waals surface area contributed by atoms with Crippen LogP contribution < -0.4 is 18.3 Å². The van der Waals surface area contributed by atoms with Crippen molar-refractivity contribution < 1.29 is 18.3 Å². The van der Waals surface area contributed by atoms with E-state index in [1.54, 1.807) is 0 Å². The number of hydrogen-bond donors (Lipinski definition) is 0. The lowest BCUT2D eigenvalue weighted by molar-refractivity contribution is -0.672. The summed E-state index contributed by atoms with van der Waals surface area (Å²) in [6.07, 6.45) is 11.2. The van der Waals surface area contributed by atoms with Crippen LogP contribution in [0.15, 0.2) is 334 Å². The van der Waals surface area contributed by atoms with E-state index in [-0.39, 0.29) is 0 Å². The summed E-state index contributed by atoms with van der Waals surface area (Å²) in [5.74, 6) is 5.89. The van der Waals surface area contributed by atoms with Crippen LogP contribution in [0.5, 0.6) is 0 Å². The summed E-state index contributed by atoms with van der Waals surface area (Å²) < 4.78 is 26.8. The quantitative estimate of drug-likeness (QED) is 0.103. The van der Waals surface area contributed by atoms with E-state index in [1.165, 1.54) is 197 Å². The molecule has 0 aliphatic carbocycles. The molecule has 0 N–H and O–H groups in total. The van der Waals surface area contributed by atoms with E-state index in [1.807, 2.05) is 0 Å². The molecule has 4 aliphatic rings. The zero-order valence-corrected chi connectivity index (χ0v) is 72.9. The van der Waals surface area contributed by atoms with Crippen molar-refractivity contribution in [2.45, 2.75) is 146 Å². The standard InChI is InChI=1S/C36H34N3.C30H30N3.C27H24N3.C19H19N2/c1-24(2)30-21-28(26-13-7-5-8-14-26)22-31(25(3)4)35(30)37-20-19-27-23-38-32-17-11-12-18-33(32)39(36(38)34(27)37)29-15-9-6-10-16-29;1-20(2)24-13-10-14-25(21(3)4)29(24)31-18-17-22-19-32-26-15-8-9-16-27(26)33(30(32)28(22)31)23-11-6-5-7-12-23;1-19(2)22-12-6-7-13-23(22)28-17-16-20-18-29-24-14-8-9-15-25(24)30(27(29)26(20)28)21-10-4-3-5-11-21;1-13-10-14(2)18(15(3)11-13)21-9-7-16-12-20-8-5-4-6-17(20)19(16)21/h5-22,24-25H,23H2,1-4H3;5-18,20-21H,19H2,1-4H3;3-17,19H,18H2,1-2H3;4-11H,12H2,1-3H3/q4*+1. The molecule has 606 valence electrons. The third kappa shape index (κ3) is 13.2. The third-order valence-electron chi connectivity index (χ3n) is 25.7. The summed E-state index contributed by atoms with van der Waals surface area (Å²) in [5, 5.41) is 0. The molecule has 4 aliphatic heterocycles. The highest BCUT2D eigenvalue weighted by molar-refractivity contribution is 5.85. The molecule has 19 aromatic rings. The Morgan fingerprint density at radius 2 is 0.610 bits per heavy atom. The lowest BCUT2D eigenvalue weighted by atomic mass is 9.88. The fourth-order valence-electron chi connectivity index (χ4n) is 20.3. The molecule has 12 heterocycles. The number of nitrogens with zero attached hydrogens (tertiary/aromatic N) is 11. The molecular weight excluding hydrogens is 1500 g/mol. The average Bonchev–Trinajstić information content (AvgIpc) is 1.55. The molecule has 0 saturated heterocycles. The van der Waals surface area contributed by atoms with Gasteiger partial charge in [-0.05, 0) is 222 Å². The van der Waals surface area contributed by atoms with Crippen LogP contribution in [0.4, 0.5) is 0 Å². The minimum absolute atomic E-state index is 0.382. The number of aromatic nitrogens is 11. The first-order valence-electron chi connectivity index (χ1n) is 44.1. The van der Waals surface area contributed by atoms with E-state index in [0.29, 0.717) is 29.6 Å². The largest absolute Gasteiger partial charge is 0.313 e. The molecule has 0 radical (unpaired) electrons. The molecule has 123 heavy (non-hydrogen) atoms. The molecule has 0 saturated carbocycles. The Balaban J connectivity index is 0.000000106. The Labute approximate surface area is 722 Å². The van der Waals surface area contributed by atoms with E-state index in [0.717, 1.165) is 26.2 Å². The van der Waals surface area contributed by atoms with Crippen molar-refractivity contribution in [3.63, 3.8) is 0 Å². The second-order valence-corrected chi connectivity index (χ2v) is 35.4. The fourth-order valence-corrected chi connectivity index (χ4v) is 20.3. The van der Waals surface area contributed by atoms with Crippen molar-refractivity contribution >= 4 is 33.1 Å². The van der Waals surface area contributed by atoms with Gasteiger partial charge in [-0.3, -0.25) is 0 Å². The van der Waals surface area contributed by atoms with Gasteiger partial charge < -0.3 is 18.3 Å². The highest BCUT2D eigenvalue weighted by atomic mass is 15.3. The van der Waals surface area contributed by atoms with Crippen LogP contribution in [0.1, 0.15) is 166 Å². The summed E-state index contributed by atoms with van der Waals surface area (Å²) in [4.78, 5) is 0. The maximum Gasteiger partial charge on any atom is 0.313 e. The average molecular weight is 1610 g/mol. The lowest BCUT2D eigenvalue weighted by Gasteiger charge is -2.23. The molecule has 11 aromatic carbocycles. The summed E-state index contributed by atoms with van der Waals surface area (Å²) in [6.45, 7) is 33.3. The first kappa shape index (κ1) is 77.7. The van der Waals surface area contributed by atoms with E-state index < -0.39 is 0 Å². The van der Waals surface area contributed by atoms with Gasteiger partial charge in [-0.1, -0.05) is 245 Å². The maximum atomic E-state index is 2.49. The molecule has 0 unspecified atom stereocenters. The van der Waals surface area contributed by atoms with Gasteiger partial charge in [-0.15, -0.1) is 0 Å². The Hall–Kier alpha value is -13.9. The van der Waals surface area contributed by atoms with E-state index in [9.17, 15) is 0 Å². The summed E-state index contributed by atoms with van der Waals surface area (Å²) in [6, 6.07) is 110. The molecule has 11 heteroatoms. The fraction of sp³-hybridized carbons (Fsp3) is 0.196. The molecule has 0 fully saturated rings. The van der Waals surface area contributed by atoms with Gasteiger partial charge in [0.1, 0.15) is 59.5 Å². The molecule has 0 atom stereocenters. The molecule has 23 rings (SSSR count). The summed E-state index contributed by atoms with van der Waals surface area (Å²) in [7, 11) is 0. The molecule has 0 amide bonds.